The zero-order valence-electron chi connectivity index (χ0n) is 14.7. The summed E-state index contributed by atoms with van der Waals surface area (Å²) in [6.45, 7) is 5.21. The average molecular weight is 356 g/mol. The van der Waals surface area contributed by atoms with Crippen LogP contribution in [0.25, 0.3) is 11.4 Å². The van der Waals surface area contributed by atoms with E-state index in [-0.39, 0.29) is 5.82 Å². The Bertz CT molecular complexity index is 862. The van der Waals surface area contributed by atoms with Crippen molar-refractivity contribution in [2.24, 2.45) is 5.92 Å². The lowest BCUT2D eigenvalue weighted by Gasteiger charge is -2.31. The van der Waals surface area contributed by atoms with Gasteiger partial charge < -0.3 is 4.52 Å². The second-order valence-corrected chi connectivity index (χ2v) is 6.84. The van der Waals surface area contributed by atoms with Gasteiger partial charge in [0.05, 0.1) is 6.54 Å². The molecule has 1 saturated heterocycles. The molecule has 0 N–H and O–H groups in total. The molecule has 3 heterocycles. The Morgan fingerprint density at radius 3 is 3.08 bits per heavy atom. The van der Waals surface area contributed by atoms with E-state index in [1.54, 1.807) is 31.7 Å². The van der Waals surface area contributed by atoms with Gasteiger partial charge >= 0.3 is 0 Å². The summed E-state index contributed by atoms with van der Waals surface area (Å²) < 4.78 is 20.7. The predicted octanol–water partition coefficient (Wildman–Crippen LogP) is 2.69. The molecule has 1 unspecified atom stereocenters. The number of hydrogen-bond acceptors (Lipinski definition) is 6. The molecule has 0 radical (unpaired) electrons. The highest BCUT2D eigenvalue weighted by Gasteiger charge is 2.22. The first-order chi connectivity index (χ1) is 12.7. The van der Waals surface area contributed by atoms with Crippen LogP contribution < -0.4 is 0 Å². The highest BCUT2D eigenvalue weighted by atomic mass is 19.1. The third-order valence-corrected chi connectivity index (χ3v) is 4.76. The highest BCUT2D eigenvalue weighted by molar-refractivity contribution is 5.55. The van der Waals surface area contributed by atoms with Crippen molar-refractivity contribution < 1.29 is 8.91 Å². The fourth-order valence-electron chi connectivity index (χ4n) is 3.45. The van der Waals surface area contributed by atoms with Gasteiger partial charge in [-0.25, -0.2) is 9.37 Å². The van der Waals surface area contributed by atoms with Gasteiger partial charge in [0, 0.05) is 18.7 Å². The van der Waals surface area contributed by atoms with Crippen LogP contribution in [0, 0.1) is 18.7 Å². The Balaban J connectivity index is 1.39. The van der Waals surface area contributed by atoms with Gasteiger partial charge in [-0.1, -0.05) is 5.16 Å². The Labute approximate surface area is 150 Å². The van der Waals surface area contributed by atoms with Gasteiger partial charge in [0.15, 0.2) is 0 Å². The number of likely N-dealkylation sites (tertiary alicyclic amines) is 1. The Kier molecular flexibility index (Phi) is 4.75. The van der Waals surface area contributed by atoms with E-state index in [4.69, 9.17) is 4.52 Å². The molecule has 7 nitrogen and oxygen atoms in total. The summed E-state index contributed by atoms with van der Waals surface area (Å²) >= 11 is 0. The first kappa shape index (κ1) is 16.8. The van der Waals surface area contributed by atoms with Gasteiger partial charge in [0.2, 0.25) is 11.7 Å². The average Bonchev–Trinajstić information content (AvgIpc) is 3.30. The van der Waals surface area contributed by atoms with Crippen LogP contribution in [0.3, 0.4) is 0 Å². The van der Waals surface area contributed by atoms with Crippen molar-refractivity contribution in [1.82, 2.24) is 29.8 Å². The largest absolute Gasteiger partial charge is 0.338 e. The molecule has 1 atom stereocenters. The molecule has 0 spiro atoms. The van der Waals surface area contributed by atoms with E-state index >= 15 is 0 Å². The van der Waals surface area contributed by atoms with Gasteiger partial charge in [0.25, 0.3) is 0 Å². The minimum atomic E-state index is -0.232. The smallest absolute Gasteiger partial charge is 0.241 e. The molecule has 0 bridgehead atoms. The fourth-order valence-corrected chi connectivity index (χ4v) is 3.45. The number of rotatable bonds is 5. The summed E-state index contributed by atoms with van der Waals surface area (Å²) in [5.74, 6) is 1.39. The standard InChI is InChI=1S/C18H21FN6O/c1-13-7-15(4-5-16(13)19)18-22-17(26-23-18)10-24-6-2-3-14(8-24)9-25-12-20-11-21-25/h4-5,7,11-12,14H,2-3,6,8-10H2,1H3. The van der Waals surface area contributed by atoms with Crippen LogP contribution in [0.5, 0.6) is 0 Å². The summed E-state index contributed by atoms with van der Waals surface area (Å²) in [6, 6.07) is 4.84. The molecule has 0 saturated carbocycles. The molecule has 2 aromatic heterocycles. The summed E-state index contributed by atoms with van der Waals surface area (Å²) in [7, 11) is 0. The van der Waals surface area contributed by atoms with Crippen LogP contribution in [0.2, 0.25) is 0 Å². The summed E-state index contributed by atoms with van der Waals surface area (Å²) in [5, 5.41) is 8.23. The number of aromatic nitrogens is 5. The molecule has 4 rings (SSSR count). The first-order valence-electron chi connectivity index (χ1n) is 8.81. The van der Waals surface area contributed by atoms with Crippen molar-refractivity contribution in [2.75, 3.05) is 13.1 Å². The van der Waals surface area contributed by atoms with E-state index in [1.807, 2.05) is 4.68 Å². The van der Waals surface area contributed by atoms with Crippen LogP contribution in [0.15, 0.2) is 35.4 Å². The Morgan fingerprint density at radius 2 is 2.27 bits per heavy atom. The van der Waals surface area contributed by atoms with Gasteiger partial charge in [-0.3, -0.25) is 9.58 Å². The van der Waals surface area contributed by atoms with Crippen molar-refractivity contribution in [3.63, 3.8) is 0 Å². The number of hydrogen-bond donors (Lipinski definition) is 0. The summed E-state index contributed by atoms with van der Waals surface area (Å²) in [4.78, 5) is 10.8. The van der Waals surface area contributed by atoms with Gasteiger partial charge in [-0.15, -0.1) is 0 Å². The summed E-state index contributed by atoms with van der Waals surface area (Å²) in [5.41, 5.74) is 1.34. The van der Waals surface area contributed by atoms with Crippen molar-refractivity contribution >= 4 is 0 Å². The minimum Gasteiger partial charge on any atom is -0.338 e. The molecule has 136 valence electrons. The van der Waals surface area contributed by atoms with Gasteiger partial charge in [0.1, 0.15) is 18.5 Å². The molecule has 1 aliphatic heterocycles. The molecule has 3 aromatic rings. The van der Waals surface area contributed by atoms with Crippen molar-refractivity contribution in [2.45, 2.75) is 32.9 Å². The molecule has 1 aromatic carbocycles. The molecule has 1 aliphatic rings. The highest BCUT2D eigenvalue weighted by Crippen LogP contribution is 2.22. The second kappa shape index (κ2) is 7.33. The Morgan fingerprint density at radius 1 is 1.35 bits per heavy atom. The van der Waals surface area contributed by atoms with E-state index in [2.05, 4.69) is 25.1 Å². The van der Waals surface area contributed by atoms with Crippen LogP contribution in [-0.2, 0) is 13.1 Å². The normalized spacial score (nSPS) is 18.3. The third-order valence-electron chi connectivity index (χ3n) is 4.76. The van der Waals surface area contributed by atoms with Gasteiger partial charge in [-0.2, -0.15) is 10.1 Å². The maximum absolute atomic E-state index is 13.4. The maximum Gasteiger partial charge on any atom is 0.241 e. The number of piperidine rings is 1. The molecule has 26 heavy (non-hydrogen) atoms. The van der Waals surface area contributed by atoms with E-state index in [1.165, 1.54) is 12.5 Å². The lowest BCUT2D eigenvalue weighted by atomic mass is 9.98. The molecule has 0 amide bonds. The van der Waals surface area contributed by atoms with Crippen molar-refractivity contribution in [3.05, 3.63) is 48.1 Å². The molecular formula is C18H21FN6O. The molecule has 8 heteroatoms. The van der Waals surface area contributed by atoms with Crippen LogP contribution in [0.4, 0.5) is 4.39 Å². The number of aryl methyl sites for hydroxylation is 1. The number of nitrogens with zero attached hydrogens (tertiary/aromatic N) is 6. The van der Waals surface area contributed by atoms with E-state index in [0.29, 0.717) is 29.7 Å². The fraction of sp³-hybridized carbons (Fsp3) is 0.444. The second-order valence-electron chi connectivity index (χ2n) is 6.84. The van der Waals surface area contributed by atoms with E-state index < -0.39 is 0 Å². The number of halogens is 1. The number of benzene rings is 1. The zero-order valence-corrected chi connectivity index (χ0v) is 14.7. The van der Waals surface area contributed by atoms with Crippen LogP contribution in [-0.4, -0.2) is 42.9 Å². The predicted molar refractivity (Wildman–Crippen MR) is 92.5 cm³/mol. The van der Waals surface area contributed by atoms with Crippen molar-refractivity contribution in [3.8, 4) is 11.4 Å². The SMILES string of the molecule is Cc1cc(-c2noc(CN3CCCC(Cn4cncn4)C3)n2)ccc1F. The Hall–Kier alpha value is -2.61. The molecule has 1 fully saturated rings. The third kappa shape index (κ3) is 3.80. The molecular weight excluding hydrogens is 335 g/mol. The van der Waals surface area contributed by atoms with Crippen molar-refractivity contribution in [1.29, 1.82) is 0 Å². The quantitative estimate of drug-likeness (QED) is 0.700. The summed E-state index contributed by atoms with van der Waals surface area (Å²) in [6.07, 6.45) is 5.64. The maximum atomic E-state index is 13.4. The van der Waals surface area contributed by atoms with E-state index in [9.17, 15) is 4.39 Å². The lowest BCUT2D eigenvalue weighted by Crippen LogP contribution is -2.36. The lowest BCUT2D eigenvalue weighted by molar-refractivity contribution is 0.138. The van der Waals surface area contributed by atoms with Crippen LogP contribution >= 0.6 is 0 Å². The van der Waals surface area contributed by atoms with E-state index in [0.717, 1.165) is 31.6 Å². The minimum absolute atomic E-state index is 0.232. The monoisotopic (exact) mass is 356 g/mol. The zero-order chi connectivity index (χ0) is 17.9. The molecule has 0 aliphatic carbocycles. The van der Waals surface area contributed by atoms with Gasteiger partial charge in [-0.05, 0) is 56.0 Å². The van der Waals surface area contributed by atoms with Crippen LogP contribution in [0.1, 0.15) is 24.3 Å². The first-order valence-corrected chi connectivity index (χ1v) is 8.81. The topological polar surface area (TPSA) is 72.9 Å².